The average molecular weight is 435 g/mol. The molecule has 0 unspecified atom stereocenters. The Balaban J connectivity index is 1.80. The van der Waals surface area contributed by atoms with Gasteiger partial charge in [-0.15, -0.1) is 0 Å². The van der Waals surface area contributed by atoms with Crippen LogP contribution in [0.15, 0.2) is 17.9 Å². The van der Waals surface area contributed by atoms with Crippen molar-refractivity contribution in [2.75, 3.05) is 13.2 Å². The zero-order valence-electron chi connectivity index (χ0n) is 17.8. The van der Waals surface area contributed by atoms with Gasteiger partial charge in [-0.3, -0.25) is 4.79 Å². The van der Waals surface area contributed by atoms with Crippen LogP contribution >= 0.6 is 11.6 Å². The van der Waals surface area contributed by atoms with Crippen LogP contribution in [0.3, 0.4) is 0 Å². The molecule has 2 heterocycles. The molecule has 1 aromatic carbocycles. The number of carbonyl (C=O) groups is 2. The number of benzene rings is 1. The summed E-state index contributed by atoms with van der Waals surface area (Å²) in [5.41, 5.74) is 1.70. The summed E-state index contributed by atoms with van der Waals surface area (Å²) < 4.78 is 23.5. The van der Waals surface area contributed by atoms with Gasteiger partial charge in [0, 0.05) is 17.9 Å². The quantitative estimate of drug-likeness (QED) is 0.653. The van der Waals surface area contributed by atoms with E-state index >= 15 is 0 Å². The van der Waals surface area contributed by atoms with E-state index in [9.17, 15) is 9.59 Å². The molecule has 1 aliphatic carbocycles. The lowest BCUT2D eigenvalue weighted by Crippen LogP contribution is -2.45. The zero-order chi connectivity index (χ0) is 21.7. The molecule has 1 aromatic rings. The second-order valence-electron chi connectivity index (χ2n) is 8.69. The first-order valence-electron chi connectivity index (χ1n) is 10.4. The summed E-state index contributed by atoms with van der Waals surface area (Å²) in [4.78, 5) is 25.7. The molecule has 1 saturated heterocycles. The van der Waals surface area contributed by atoms with Crippen LogP contribution in [-0.2, 0) is 28.5 Å². The third kappa shape index (κ3) is 3.55. The highest BCUT2D eigenvalue weighted by Gasteiger charge is 2.56. The van der Waals surface area contributed by atoms with Crippen molar-refractivity contribution in [2.24, 2.45) is 5.92 Å². The smallest absolute Gasteiger partial charge is 0.343 e. The summed E-state index contributed by atoms with van der Waals surface area (Å²) in [6, 6.07) is 3.60. The summed E-state index contributed by atoms with van der Waals surface area (Å²) in [7, 11) is 0. The molecule has 3 aliphatic rings. The van der Waals surface area contributed by atoms with Crippen molar-refractivity contribution in [1.82, 2.24) is 0 Å². The van der Waals surface area contributed by atoms with Crippen molar-refractivity contribution >= 4 is 29.1 Å². The lowest BCUT2D eigenvalue weighted by atomic mass is 9.79. The second-order valence-corrected chi connectivity index (χ2v) is 9.12. The molecule has 0 amide bonds. The number of aryl methyl sites for hydroxylation is 2. The molecule has 7 heteroatoms. The van der Waals surface area contributed by atoms with Crippen molar-refractivity contribution in [2.45, 2.75) is 64.8 Å². The molecule has 30 heavy (non-hydrogen) atoms. The van der Waals surface area contributed by atoms with Gasteiger partial charge in [-0.1, -0.05) is 25.4 Å². The minimum absolute atomic E-state index is 0.313. The van der Waals surface area contributed by atoms with E-state index in [1.165, 1.54) is 0 Å². The molecule has 0 bridgehead atoms. The summed E-state index contributed by atoms with van der Waals surface area (Å²) in [6.45, 7) is 8.43. The maximum atomic E-state index is 13.1. The van der Waals surface area contributed by atoms with E-state index in [4.69, 9.17) is 30.5 Å². The Hall–Kier alpha value is -1.89. The number of carbonyl (C=O) groups excluding carboxylic acids is 2. The van der Waals surface area contributed by atoms with Crippen LogP contribution in [0.2, 0.25) is 5.02 Å². The van der Waals surface area contributed by atoms with Gasteiger partial charge in [0.15, 0.2) is 17.1 Å². The maximum Gasteiger partial charge on any atom is 0.343 e. The van der Waals surface area contributed by atoms with Crippen LogP contribution in [0.5, 0.6) is 0 Å². The predicted molar refractivity (Wildman–Crippen MR) is 111 cm³/mol. The van der Waals surface area contributed by atoms with Crippen LogP contribution in [0, 0.1) is 19.8 Å². The van der Waals surface area contributed by atoms with Crippen LogP contribution in [0.25, 0.3) is 5.57 Å². The number of ether oxygens (including phenoxy) is 4. The Bertz CT molecular complexity index is 893. The number of hydrogen-bond donors (Lipinski definition) is 0. The third-order valence-electron chi connectivity index (χ3n) is 6.19. The highest BCUT2D eigenvalue weighted by atomic mass is 35.5. The van der Waals surface area contributed by atoms with E-state index in [0.717, 1.165) is 11.1 Å². The standard InChI is InChI=1S/C23H27ClO6/c1-13(2)20(25)29-19-18(17-14(3)11-16(24)12-15(17)4)21(26)30-22(19)5-7-23(8-6-22)27-9-10-28-23/h11-13H,5-10H2,1-4H3. The van der Waals surface area contributed by atoms with Gasteiger partial charge in [-0.25, -0.2) is 4.79 Å². The molecule has 6 nitrogen and oxygen atoms in total. The van der Waals surface area contributed by atoms with Gasteiger partial charge in [0.1, 0.15) is 5.57 Å². The fraction of sp³-hybridized carbons (Fsp3) is 0.565. The molecule has 0 N–H and O–H groups in total. The van der Waals surface area contributed by atoms with Crippen LogP contribution in [-0.4, -0.2) is 36.5 Å². The molecule has 0 radical (unpaired) electrons. The van der Waals surface area contributed by atoms with Gasteiger partial charge < -0.3 is 18.9 Å². The fourth-order valence-electron chi connectivity index (χ4n) is 4.63. The predicted octanol–water partition coefficient (Wildman–Crippen LogP) is 4.48. The molecular weight excluding hydrogens is 408 g/mol. The molecule has 2 fully saturated rings. The maximum absolute atomic E-state index is 13.1. The number of hydrogen-bond acceptors (Lipinski definition) is 6. The van der Waals surface area contributed by atoms with E-state index in [0.29, 0.717) is 60.8 Å². The van der Waals surface area contributed by atoms with Crippen LogP contribution < -0.4 is 0 Å². The van der Waals surface area contributed by atoms with Gasteiger partial charge in [-0.2, -0.15) is 0 Å². The number of esters is 2. The van der Waals surface area contributed by atoms with E-state index in [1.54, 1.807) is 26.0 Å². The number of rotatable bonds is 3. The molecule has 1 saturated carbocycles. The Morgan fingerprint density at radius 1 is 1.07 bits per heavy atom. The number of halogens is 1. The normalized spacial score (nSPS) is 22.3. The monoisotopic (exact) mass is 434 g/mol. The lowest BCUT2D eigenvalue weighted by molar-refractivity contribution is -0.206. The van der Waals surface area contributed by atoms with Gasteiger partial charge in [0.05, 0.1) is 19.1 Å². The minimum atomic E-state index is -0.990. The minimum Gasteiger partial charge on any atom is -0.447 e. The average Bonchev–Trinajstić information content (AvgIpc) is 3.22. The Labute approximate surface area is 181 Å². The molecule has 0 atom stereocenters. The van der Waals surface area contributed by atoms with Crippen molar-refractivity contribution < 1.29 is 28.5 Å². The lowest BCUT2D eigenvalue weighted by Gasteiger charge is -2.41. The summed E-state index contributed by atoms with van der Waals surface area (Å²) in [5.74, 6) is -1.51. The van der Waals surface area contributed by atoms with Crippen molar-refractivity contribution in [3.05, 3.63) is 39.6 Å². The van der Waals surface area contributed by atoms with Crippen LogP contribution in [0.4, 0.5) is 0 Å². The van der Waals surface area contributed by atoms with Gasteiger partial charge >= 0.3 is 11.9 Å². The van der Waals surface area contributed by atoms with Crippen molar-refractivity contribution in [3.63, 3.8) is 0 Å². The zero-order valence-corrected chi connectivity index (χ0v) is 18.6. The molecular formula is C23H27ClO6. The van der Waals surface area contributed by atoms with Gasteiger partial charge in [-0.05, 0) is 55.5 Å². The summed E-state index contributed by atoms with van der Waals surface area (Å²) in [6.07, 6.45) is 2.06. The first-order valence-corrected chi connectivity index (χ1v) is 10.8. The van der Waals surface area contributed by atoms with Gasteiger partial charge in [0.25, 0.3) is 0 Å². The van der Waals surface area contributed by atoms with E-state index in [2.05, 4.69) is 0 Å². The van der Waals surface area contributed by atoms with Crippen LogP contribution in [0.1, 0.15) is 56.2 Å². The second kappa shape index (κ2) is 7.66. The molecule has 2 spiro atoms. The third-order valence-corrected chi connectivity index (χ3v) is 6.41. The molecule has 4 rings (SSSR count). The van der Waals surface area contributed by atoms with E-state index in [1.807, 2.05) is 13.8 Å². The largest absolute Gasteiger partial charge is 0.447 e. The van der Waals surface area contributed by atoms with Crippen molar-refractivity contribution in [3.8, 4) is 0 Å². The highest BCUT2D eigenvalue weighted by Crippen LogP contribution is 2.51. The Morgan fingerprint density at radius 3 is 2.17 bits per heavy atom. The molecule has 0 aromatic heterocycles. The van der Waals surface area contributed by atoms with Gasteiger partial charge in [0.2, 0.25) is 0 Å². The SMILES string of the molecule is Cc1cc(Cl)cc(C)c1C1=C(OC(=O)C(C)C)C2(CCC3(CC2)OCCO3)OC1=O. The van der Waals surface area contributed by atoms with Crippen molar-refractivity contribution in [1.29, 1.82) is 0 Å². The Kier molecular flexibility index (Phi) is 5.45. The first-order chi connectivity index (χ1) is 14.2. The first kappa shape index (κ1) is 21.3. The molecule has 162 valence electrons. The molecule has 2 aliphatic heterocycles. The topological polar surface area (TPSA) is 71.1 Å². The van der Waals surface area contributed by atoms with E-state index in [-0.39, 0.29) is 5.92 Å². The summed E-state index contributed by atoms with van der Waals surface area (Å²) in [5, 5.41) is 0.589. The fourth-order valence-corrected chi connectivity index (χ4v) is 4.96. The van der Waals surface area contributed by atoms with E-state index < -0.39 is 23.3 Å². The Morgan fingerprint density at radius 2 is 1.63 bits per heavy atom. The summed E-state index contributed by atoms with van der Waals surface area (Å²) >= 11 is 6.19. The highest BCUT2D eigenvalue weighted by molar-refractivity contribution is 6.31.